The third-order valence-electron chi connectivity index (χ3n) is 10.7. The summed E-state index contributed by atoms with van der Waals surface area (Å²) in [4.78, 5) is 7.43. The first-order valence-corrected chi connectivity index (χ1v) is 18.2. The van der Waals surface area contributed by atoms with Crippen LogP contribution in [0.15, 0.2) is 174 Å². The first kappa shape index (κ1) is 30.4. The van der Waals surface area contributed by atoms with Crippen LogP contribution in [-0.4, -0.2) is 4.98 Å². The van der Waals surface area contributed by atoms with Gasteiger partial charge in [-0.05, 0) is 136 Å². The van der Waals surface area contributed by atoms with Gasteiger partial charge in [0.2, 0.25) is 5.89 Å². The Balaban J connectivity index is 1.05. The predicted molar refractivity (Wildman–Crippen MR) is 217 cm³/mol. The molecule has 0 saturated heterocycles. The zero-order valence-corrected chi connectivity index (χ0v) is 28.8. The molecule has 3 heteroatoms. The van der Waals surface area contributed by atoms with Gasteiger partial charge in [-0.3, -0.25) is 0 Å². The lowest BCUT2D eigenvalue weighted by Gasteiger charge is -2.28. The van der Waals surface area contributed by atoms with Crippen molar-refractivity contribution in [3.8, 4) is 33.7 Å². The minimum Gasteiger partial charge on any atom is -0.436 e. The Morgan fingerprint density at radius 3 is 1.73 bits per heavy atom. The predicted octanol–water partition coefficient (Wildman–Crippen LogP) is 13.5. The standard InChI is InChI=1S/C49H36N2O/c1-3-9-33(10-4-1)35-19-25-42(26-20-35)51(44-29-23-34-11-7-8-14-40(34)31-44)43-27-21-36(22-28-43)41-18-16-37-15-17-38-24-30-46-48(47(38)45(37)32-41)50-49(52-46)39-12-5-2-6-13-39/h1-6,9-10,12-13,15-32H,7-8,11,14H2. The van der Waals surface area contributed by atoms with Gasteiger partial charge in [-0.15, -0.1) is 0 Å². The van der Waals surface area contributed by atoms with Crippen LogP contribution in [0.1, 0.15) is 24.0 Å². The maximum Gasteiger partial charge on any atom is 0.227 e. The van der Waals surface area contributed by atoms with Gasteiger partial charge < -0.3 is 9.32 Å². The summed E-state index contributed by atoms with van der Waals surface area (Å²) < 4.78 is 6.28. The molecule has 0 bridgehead atoms. The summed E-state index contributed by atoms with van der Waals surface area (Å²) in [6, 6.07) is 61.1. The minimum absolute atomic E-state index is 0.644. The molecule has 0 fully saturated rings. The third-order valence-corrected chi connectivity index (χ3v) is 10.7. The molecule has 0 radical (unpaired) electrons. The highest BCUT2D eigenvalue weighted by Gasteiger charge is 2.18. The molecule has 10 rings (SSSR count). The van der Waals surface area contributed by atoms with E-state index in [0.29, 0.717) is 5.89 Å². The summed E-state index contributed by atoms with van der Waals surface area (Å²) in [6.07, 6.45) is 4.86. The van der Waals surface area contributed by atoms with E-state index in [1.807, 2.05) is 36.4 Å². The molecule has 8 aromatic carbocycles. The van der Waals surface area contributed by atoms with E-state index in [-0.39, 0.29) is 0 Å². The van der Waals surface area contributed by atoms with Gasteiger partial charge in [0.1, 0.15) is 5.52 Å². The number of anilines is 3. The fourth-order valence-corrected chi connectivity index (χ4v) is 7.96. The normalized spacial score (nSPS) is 12.7. The van der Waals surface area contributed by atoms with E-state index in [9.17, 15) is 0 Å². The zero-order valence-electron chi connectivity index (χ0n) is 28.8. The van der Waals surface area contributed by atoms with E-state index < -0.39 is 0 Å². The van der Waals surface area contributed by atoms with Crippen molar-refractivity contribution in [3.05, 3.63) is 181 Å². The second-order valence-electron chi connectivity index (χ2n) is 13.9. The monoisotopic (exact) mass is 668 g/mol. The van der Waals surface area contributed by atoms with Crippen LogP contribution in [0.2, 0.25) is 0 Å². The second-order valence-corrected chi connectivity index (χ2v) is 13.9. The molecule has 9 aromatic rings. The average molecular weight is 669 g/mol. The van der Waals surface area contributed by atoms with E-state index in [2.05, 4.69) is 138 Å². The molecular formula is C49H36N2O. The van der Waals surface area contributed by atoms with Crippen molar-refractivity contribution in [2.75, 3.05) is 4.90 Å². The molecule has 1 aromatic heterocycles. The largest absolute Gasteiger partial charge is 0.436 e. The van der Waals surface area contributed by atoms with Crippen LogP contribution in [-0.2, 0) is 12.8 Å². The second kappa shape index (κ2) is 12.7. The number of benzene rings is 8. The van der Waals surface area contributed by atoms with Gasteiger partial charge in [0.15, 0.2) is 5.58 Å². The third kappa shape index (κ3) is 5.43. The molecule has 1 aliphatic carbocycles. The maximum atomic E-state index is 6.28. The fraction of sp³-hybridized carbons (Fsp3) is 0.0816. The van der Waals surface area contributed by atoms with Gasteiger partial charge >= 0.3 is 0 Å². The van der Waals surface area contributed by atoms with Crippen molar-refractivity contribution in [1.82, 2.24) is 4.98 Å². The summed E-state index contributed by atoms with van der Waals surface area (Å²) >= 11 is 0. The Kier molecular flexibility index (Phi) is 7.42. The molecular weight excluding hydrogens is 633 g/mol. The molecule has 0 N–H and O–H groups in total. The van der Waals surface area contributed by atoms with Crippen LogP contribution in [0.3, 0.4) is 0 Å². The molecule has 3 nitrogen and oxygen atoms in total. The van der Waals surface area contributed by atoms with Crippen LogP contribution in [0.5, 0.6) is 0 Å². The van der Waals surface area contributed by atoms with Gasteiger partial charge in [-0.25, -0.2) is 4.98 Å². The number of nitrogens with zero attached hydrogens (tertiary/aromatic N) is 2. The van der Waals surface area contributed by atoms with Crippen LogP contribution in [0.25, 0.3) is 66.4 Å². The zero-order chi connectivity index (χ0) is 34.4. The van der Waals surface area contributed by atoms with Crippen LogP contribution >= 0.6 is 0 Å². The smallest absolute Gasteiger partial charge is 0.227 e. The highest BCUT2D eigenvalue weighted by atomic mass is 16.3. The van der Waals surface area contributed by atoms with E-state index in [0.717, 1.165) is 45.2 Å². The van der Waals surface area contributed by atoms with Crippen LogP contribution in [0, 0.1) is 0 Å². The Morgan fingerprint density at radius 1 is 0.442 bits per heavy atom. The fourth-order valence-electron chi connectivity index (χ4n) is 7.96. The number of aryl methyl sites for hydroxylation is 2. The Morgan fingerprint density at radius 2 is 1.00 bits per heavy atom. The quantitative estimate of drug-likeness (QED) is 0.165. The van der Waals surface area contributed by atoms with Crippen molar-refractivity contribution >= 4 is 49.7 Å². The van der Waals surface area contributed by atoms with E-state index in [1.54, 1.807) is 0 Å². The minimum atomic E-state index is 0.644. The highest BCUT2D eigenvalue weighted by molar-refractivity contribution is 6.19. The number of rotatable bonds is 6. The molecule has 1 aliphatic rings. The van der Waals surface area contributed by atoms with Crippen molar-refractivity contribution in [1.29, 1.82) is 0 Å². The maximum absolute atomic E-state index is 6.28. The highest BCUT2D eigenvalue weighted by Crippen LogP contribution is 2.40. The molecule has 0 spiro atoms. The molecule has 0 unspecified atom stereocenters. The van der Waals surface area contributed by atoms with Gasteiger partial charge in [-0.2, -0.15) is 0 Å². The first-order valence-electron chi connectivity index (χ1n) is 18.2. The number of oxazole rings is 1. The molecule has 1 heterocycles. The summed E-state index contributed by atoms with van der Waals surface area (Å²) in [7, 11) is 0. The van der Waals surface area contributed by atoms with Crippen molar-refractivity contribution < 1.29 is 4.42 Å². The lowest BCUT2D eigenvalue weighted by molar-refractivity contribution is 0.620. The van der Waals surface area contributed by atoms with Crippen LogP contribution < -0.4 is 4.90 Å². The van der Waals surface area contributed by atoms with Crippen molar-refractivity contribution in [2.45, 2.75) is 25.7 Å². The van der Waals surface area contributed by atoms with Crippen molar-refractivity contribution in [3.63, 3.8) is 0 Å². The lowest BCUT2D eigenvalue weighted by Crippen LogP contribution is -2.12. The molecule has 0 aliphatic heterocycles. The summed E-state index contributed by atoms with van der Waals surface area (Å²) in [5, 5.41) is 4.63. The van der Waals surface area contributed by atoms with Crippen LogP contribution in [0.4, 0.5) is 17.1 Å². The molecule has 0 amide bonds. The Hall–Kier alpha value is -6.45. The molecule has 0 atom stereocenters. The van der Waals surface area contributed by atoms with Crippen molar-refractivity contribution in [2.24, 2.45) is 0 Å². The van der Waals surface area contributed by atoms with Gasteiger partial charge in [0.25, 0.3) is 0 Å². The Bertz CT molecular complexity index is 2710. The number of aromatic nitrogens is 1. The lowest BCUT2D eigenvalue weighted by atomic mass is 9.91. The SMILES string of the molecule is c1ccc(-c2ccc(N(c3ccc(-c4ccc5ccc6ccc7oc(-c8ccccc8)nc7c6c5c4)cc3)c3ccc4c(c3)CCCC4)cc2)cc1. The number of hydrogen-bond acceptors (Lipinski definition) is 3. The van der Waals surface area contributed by atoms with E-state index >= 15 is 0 Å². The van der Waals surface area contributed by atoms with E-state index in [1.165, 1.54) is 69.1 Å². The molecule has 248 valence electrons. The molecule has 0 saturated carbocycles. The summed E-state index contributed by atoms with van der Waals surface area (Å²) in [5.74, 6) is 0.644. The summed E-state index contributed by atoms with van der Waals surface area (Å²) in [6.45, 7) is 0. The summed E-state index contributed by atoms with van der Waals surface area (Å²) in [5.41, 5.74) is 13.9. The average Bonchev–Trinajstić information content (AvgIpc) is 3.67. The first-order chi connectivity index (χ1) is 25.7. The van der Waals surface area contributed by atoms with Gasteiger partial charge in [0.05, 0.1) is 0 Å². The van der Waals surface area contributed by atoms with Gasteiger partial charge in [0, 0.05) is 28.0 Å². The topological polar surface area (TPSA) is 29.3 Å². The molecule has 52 heavy (non-hydrogen) atoms. The number of hydrogen-bond donors (Lipinski definition) is 0. The van der Waals surface area contributed by atoms with E-state index in [4.69, 9.17) is 9.40 Å². The Labute approximate surface area is 303 Å². The number of fused-ring (bicyclic) bond motifs is 6. The van der Waals surface area contributed by atoms with Gasteiger partial charge in [-0.1, -0.05) is 109 Å².